The highest BCUT2D eigenvalue weighted by Crippen LogP contribution is 2.29. The van der Waals surface area contributed by atoms with Crippen molar-refractivity contribution in [2.24, 2.45) is 5.10 Å². The summed E-state index contributed by atoms with van der Waals surface area (Å²) in [6.07, 6.45) is 0. The zero-order valence-corrected chi connectivity index (χ0v) is 14.5. The molecule has 8 heteroatoms. The lowest BCUT2D eigenvalue weighted by molar-refractivity contribution is -0.0512. The van der Waals surface area contributed by atoms with E-state index in [9.17, 15) is 13.6 Å². The zero-order chi connectivity index (χ0) is 19.1. The van der Waals surface area contributed by atoms with E-state index in [1.165, 1.54) is 26.4 Å². The van der Waals surface area contributed by atoms with Crippen LogP contribution in [0.3, 0.4) is 0 Å². The summed E-state index contributed by atoms with van der Waals surface area (Å²) in [4.78, 5) is 12.1. The van der Waals surface area contributed by atoms with Crippen molar-refractivity contribution in [1.29, 1.82) is 0 Å². The predicted molar refractivity (Wildman–Crippen MR) is 92.3 cm³/mol. The summed E-state index contributed by atoms with van der Waals surface area (Å²) in [6.45, 7) is -1.29. The van der Waals surface area contributed by atoms with Crippen LogP contribution >= 0.6 is 0 Å². The topological polar surface area (TPSA) is 69.2 Å². The van der Waals surface area contributed by atoms with Crippen LogP contribution in [0.1, 0.15) is 22.8 Å². The number of alkyl halides is 2. The van der Waals surface area contributed by atoms with E-state index in [1.54, 1.807) is 37.3 Å². The maximum Gasteiger partial charge on any atom is 0.387 e. The van der Waals surface area contributed by atoms with Crippen molar-refractivity contribution in [3.8, 4) is 17.2 Å². The summed E-state index contributed by atoms with van der Waals surface area (Å²) < 4.78 is 39.2. The highest BCUT2D eigenvalue weighted by molar-refractivity contribution is 6.01. The molecule has 6 nitrogen and oxygen atoms in total. The fraction of sp³-hybridized carbons (Fsp3) is 0.222. The van der Waals surface area contributed by atoms with Gasteiger partial charge in [-0.3, -0.25) is 4.79 Å². The second-order valence-corrected chi connectivity index (χ2v) is 5.11. The Morgan fingerprint density at radius 3 is 2.23 bits per heavy atom. The lowest BCUT2D eigenvalue weighted by Gasteiger charge is -2.11. The maximum absolute atomic E-state index is 12.4. The molecule has 0 bridgehead atoms. The largest absolute Gasteiger partial charge is 0.497 e. The Hall–Kier alpha value is -3.16. The third-order valence-electron chi connectivity index (χ3n) is 3.47. The maximum atomic E-state index is 12.4. The molecular weight excluding hydrogens is 346 g/mol. The van der Waals surface area contributed by atoms with E-state index in [4.69, 9.17) is 9.47 Å². The molecule has 0 spiro atoms. The van der Waals surface area contributed by atoms with Crippen molar-refractivity contribution in [3.05, 3.63) is 53.6 Å². The molecular formula is C18H18F2N2O4. The number of halogens is 2. The first kappa shape index (κ1) is 19.2. The average Bonchev–Trinajstić information content (AvgIpc) is 2.65. The summed E-state index contributed by atoms with van der Waals surface area (Å²) in [6, 6.07) is 10.9. The monoisotopic (exact) mass is 364 g/mol. The fourth-order valence-electron chi connectivity index (χ4n) is 2.09. The molecule has 1 amide bonds. The first-order valence-corrected chi connectivity index (χ1v) is 7.56. The number of methoxy groups -OCH3 is 2. The van der Waals surface area contributed by atoms with Crippen molar-refractivity contribution in [1.82, 2.24) is 5.43 Å². The van der Waals surface area contributed by atoms with Crippen molar-refractivity contribution in [2.75, 3.05) is 14.2 Å². The molecule has 0 aromatic heterocycles. The number of hydrogen-bond acceptors (Lipinski definition) is 5. The Kier molecular flexibility index (Phi) is 6.48. The molecule has 0 unspecified atom stereocenters. The minimum Gasteiger partial charge on any atom is -0.497 e. The van der Waals surface area contributed by atoms with E-state index < -0.39 is 12.5 Å². The lowest BCUT2D eigenvalue weighted by Crippen LogP contribution is -2.19. The highest BCUT2D eigenvalue weighted by atomic mass is 19.3. The van der Waals surface area contributed by atoms with E-state index in [-0.39, 0.29) is 11.5 Å². The lowest BCUT2D eigenvalue weighted by atomic mass is 10.1. The van der Waals surface area contributed by atoms with Gasteiger partial charge in [0, 0.05) is 11.1 Å². The van der Waals surface area contributed by atoms with E-state index in [0.717, 1.165) is 0 Å². The molecule has 138 valence electrons. The molecule has 0 atom stereocenters. The first-order chi connectivity index (χ1) is 12.4. The molecule has 2 rings (SSSR count). The molecule has 26 heavy (non-hydrogen) atoms. The van der Waals surface area contributed by atoms with Crippen molar-refractivity contribution in [3.63, 3.8) is 0 Å². The van der Waals surface area contributed by atoms with E-state index in [1.807, 2.05) is 0 Å². The molecule has 0 fully saturated rings. The molecule has 0 radical (unpaired) electrons. The number of amides is 1. The van der Waals surface area contributed by atoms with Gasteiger partial charge in [0.1, 0.15) is 5.75 Å². The van der Waals surface area contributed by atoms with Gasteiger partial charge in [-0.2, -0.15) is 13.9 Å². The van der Waals surface area contributed by atoms with Gasteiger partial charge in [-0.15, -0.1) is 0 Å². The zero-order valence-electron chi connectivity index (χ0n) is 14.5. The van der Waals surface area contributed by atoms with Crippen LogP contribution in [-0.4, -0.2) is 32.4 Å². The predicted octanol–water partition coefficient (Wildman–Crippen LogP) is 3.46. The molecule has 0 saturated carbocycles. The van der Waals surface area contributed by atoms with Crippen molar-refractivity contribution < 1.29 is 27.8 Å². The number of ether oxygens (including phenoxy) is 3. The van der Waals surface area contributed by atoms with Crippen molar-refractivity contribution in [2.45, 2.75) is 13.5 Å². The fourth-order valence-corrected chi connectivity index (χ4v) is 2.09. The van der Waals surface area contributed by atoms with Crippen LogP contribution in [-0.2, 0) is 0 Å². The number of nitrogens with zero attached hydrogens (tertiary/aromatic N) is 1. The highest BCUT2D eigenvalue weighted by Gasteiger charge is 2.12. The van der Waals surface area contributed by atoms with Gasteiger partial charge in [0.2, 0.25) is 0 Å². The van der Waals surface area contributed by atoms with E-state index in [0.29, 0.717) is 22.6 Å². The van der Waals surface area contributed by atoms with Gasteiger partial charge in [-0.05, 0) is 49.4 Å². The third kappa shape index (κ3) is 4.92. The van der Waals surface area contributed by atoms with Gasteiger partial charge < -0.3 is 14.2 Å². The van der Waals surface area contributed by atoms with E-state index >= 15 is 0 Å². The van der Waals surface area contributed by atoms with E-state index in [2.05, 4.69) is 15.3 Å². The van der Waals surface area contributed by atoms with Crippen LogP contribution in [0, 0.1) is 0 Å². The number of carbonyl (C=O) groups is 1. The third-order valence-corrected chi connectivity index (χ3v) is 3.47. The van der Waals surface area contributed by atoms with Gasteiger partial charge in [-0.1, -0.05) is 0 Å². The minimum atomic E-state index is -2.95. The van der Waals surface area contributed by atoms with Crippen LogP contribution < -0.4 is 19.6 Å². The van der Waals surface area contributed by atoms with Gasteiger partial charge in [0.05, 0.1) is 19.9 Å². The normalized spacial score (nSPS) is 11.2. The first-order valence-electron chi connectivity index (χ1n) is 7.56. The number of benzene rings is 2. The molecule has 0 aliphatic carbocycles. The molecule has 0 aliphatic heterocycles. The van der Waals surface area contributed by atoms with Crippen LogP contribution in [0.15, 0.2) is 47.6 Å². The van der Waals surface area contributed by atoms with Crippen molar-refractivity contribution >= 4 is 11.6 Å². The van der Waals surface area contributed by atoms with Crippen LogP contribution in [0.5, 0.6) is 17.2 Å². The molecule has 1 N–H and O–H groups in total. The average molecular weight is 364 g/mol. The summed E-state index contributed by atoms with van der Waals surface area (Å²) in [5.74, 6) is 0.302. The number of nitrogens with one attached hydrogen (secondary N) is 1. The standard InChI is InChI=1S/C18H18F2N2O4/c1-11(13-6-9-15(26-18(19)20)16(10-13)25-3)21-22-17(23)12-4-7-14(24-2)8-5-12/h4-10,18H,1-3H3,(H,22,23)/b21-11-. The Labute approximate surface area is 149 Å². The molecule has 2 aromatic carbocycles. The Balaban J connectivity index is 2.11. The number of hydrogen-bond donors (Lipinski definition) is 1. The van der Waals surface area contributed by atoms with Crippen LogP contribution in [0.2, 0.25) is 0 Å². The molecule has 0 aliphatic rings. The molecule has 0 heterocycles. The minimum absolute atomic E-state index is 0.0821. The Bertz CT molecular complexity index is 792. The molecule has 2 aromatic rings. The number of carbonyl (C=O) groups excluding carboxylic acids is 1. The second-order valence-electron chi connectivity index (χ2n) is 5.11. The molecule has 0 saturated heterocycles. The second kappa shape index (κ2) is 8.80. The summed E-state index contributed by atoms with van der Waals surface area (Å²) in [5.41, 5.74) is 3.90. The summed E-state index contributed by atoms with van der Waals surface area (Å²) in [7, 11) is 2.88. The number of hydrazone groups is 1. The van der Waals surface area contributed by atoms with Gasteiger partial charge >= 0.3 is 6.61 Å². The van der Waals surface area contributed by atoms with Gasteiger partial charge in [0.25, 0.3) is 5.91 Å². The Morgan fingerprint density at radius 1 is 1.00 bits per heavy atom. The smallest absolute Gasteiger partial charge is 0.387 e. The van der Waals surface area contributed by atoms with Crippen LogP contribution in [0.25, 0.3) is 0 Å². The summed E-state index contributed by atoms with van der Waals surface area (Å²) >= 11 is 0. The SMILES string of the molecule is COc1ccc(C(=O)N/N=C(/C)c2ccc(OC(F)F)c(OC)c2)cc1. The number of rotatable bonds is 7. The Morgan fingerprint density at radius 2 is 1.65 bits per heavy atom. The quantitative estimate of drug-likeness (QED) is 0.603. The van der Waals surface area contributed by atoms with Gasteiger partial charge in [0.15, 0.2) is 11.5 Å². The van der Waals surface area contributed by atoms with Crippen LogP contribution in [0.4, 0.5) is 8.78 Å². The van der Waals surface area contributed by atoms with Gasteiger partial charge in [-0.25, -0.2) is 5.43 Å². The summed E-state index contributed by atoms with van der Waals surface area (Å²) in [5, 5.41) is 4.02.